The Labute approximate surface area is 173 Å². The number of anilines is 1. The van der Waals surface area contributed by atoms with Gasteiger partial charge in [-0.15, -0.1) is 0 Å². The molecule has 6 heteroatoms. The van der Waals surface area contributed by atoms with Crippen molar-refractivity contribution in [1.82, 2.24) is 19.2 Å². The molecule has 5 aromatic rings. The van der Waals surface area contributed by atoms with Crippen LogP contribution in [0.4, 0.5) is 5.69 Å². The Bertz CT molecular complexity index is 1320. The van der Waals surface area contributed by atoms with Crippen molar-refractivity contribution in [3.63, 3.8) is 0 Å². The highest BCUT2D eigenvalue weighted by Gasteiger charge is 2.17. The van der Waals surface area contributed by atoms with Gasteiger partial charge >= 0.3 is 0 Å². The van der Waals surface area contributed by atoms with E-state index < -0.39 is 0 Å². The van der Waals surface area contributed by atoms with Crippen LogP contribution in [-0.4, -0.2) is 25.1 Å². The van der Waals surface area contributed by atoms with Crippen molar-refractivity contribution >= 4 is 17.2 Å². The molecule has 0 bridgehead atoms. The lowest BCUT2D eigenvalue weighted by Gasteiger charge is -2.09. The molecule has 146 valence electrons. The molecule has 5 rings (SSSR count). The van der Waals surface area contributed by atoms with Crippen LogP contribution in [-0.2, 0) is 7.05 Å². The van der Waals surface area contributed by atoms with Crippen LogP contribution in [0, 0.1) is 0 Å². The average molecular weight is 393 g/mol. The first kappa shape index (κ1) is 17.9. The van der Waals surface area contributed by atoms with E-state index >= 15 is 0 Å². The third-order valence-corrected chi connectivity index (χ3v) is 5.00. The molecule has 0 saturated carbocycles. The van der Waals surface area contributed by atoms with Crippen molar-refractivity contribution in [1.29, 1.82) is 0 Å². The van der Waals surface area contributed by atoms with Crippen LogP contribution in [0.3, 0.4) is 0 Å². The fourth-order valence-corrected chi connectivity index (χ4v) is 3.50. The molecule has 2 aromatic carbocycles. The maximum atomic E-state index is 13.0. The monoisotopic (exact) mass is 393 g/mol. The molecular weight excluding hydrogens is 374 g/mol. The summed E-state index contributed by atoms with van der Waals surface area (Å²) in [5.74, 6) is -0.219. The van der Waals surface area contributed by atoms with Gasteiger partial charge in [-0.3, -0.25) is 9.48 Å². The number of carbonyl (C=O) groups excluding carboxylic acids is 1. The number of para-hydroxylation sites is 1. The SMILES string of the molecule is Cn1nc(-c2ccccc2)cc1C(=O)Nc1ccccc1-c1cn2ccccc2n1. The van der Waals surface area contributed by atoms with E-state index in [0.717, 1.165) is 28.2 Å². The van der Waals surface area contributed by atoms with Gasteiger partial charge in [-0.05, 0) is 24.3 Å². The Morgan fingerprint density at radius 1 is 0.900 bits per heavy atom. The third-order valence-electron chi connectivity index (χ3n) is 5.00. The van der Waals surface area contributed by atoms with E-state index in [1.165, 1.54) is 0 Å². The lowest BCUT2D eigenvalue weighted by molar-refractivity contribution is 0.101. The second-order valence-electron chi connectivity index (χ2n) is 7.00. The van der Waals surface area contributed by atoms with Crippen molar-refractivity contribution in [2.24, 2.45) is 7.05 Å². The quantitative estimate of drug-likeness (QED) is 0.483. The molecule has 30 heavy (non-hydrogen) atoms. The summed E-state index contributed by atoms with van der Waals surface area (Å²) in [5.41, 5.74) is 5.43. The largest absolute Gasteiger partial charge is 0.320 e. The number of fused-ring (bicyclic) bond motifs is 1. The van der Waals surface area contributed by atoms with E-state index in [2.05, 4.69) is 15.4 Å². The number of imidazole rings is 1. The summed E-state index contributed by atoms with van der Waals surface area (Å²) in [6, 6.07) is 25.1. The van der Waals surface area contributed by atoms with Gasteiger partial charge in [0, 0.05) is 30.6 Å². The molecular formula is C24H19N5O. The van der Waals surface area contributed by atoms with Crippen LogP contribution >= 0.6 is 0 Å². The second kappa shape index (κ2) is 7.33. The van der Waals surface area contributed by atoms with Crippen molar-refractivity contribution in [3.8, 4) is 22.5 Å². The Kier molecular flexibility index (Phi) is 4.37. The van der Waals surface area contributed by atoms with Gasteiger partial charge in [0.25, 0.3) is 5.91 Å². The number of pyridine rings is 1. The number of hydrogen-bond donors (Lipinski definition) is 1. The van der Waals surface area contributed by atoms with Crippen LogP contribution in [0.15, 0.2) is 91.3 Å². The number of carbonyl (C=O) groups is 1. The first-order valence-corrected chi connectivity index (χ1v) is 9.63. The van der Waals surface area contributed by atoms with Gasteiger partial charge in [0.05, 0.1) is 17.1 Å². The summed E-state index contributed by atoms with van der Waals surface area (Å²) in [6.07, 6.45) is 3.91. The third kappa shape index (κ3) is 3.24. The molecule has 1 N–H and O–H groups in total. The normalized spacial score (nSPS) is 11.0. The first-order valence-electron chi connectivity index (χ1n) is 9.63. The summed E-state index contributed by atoms with van der Waals surface area (Å²) in [4.78, 5) is 17.7. The van der Waals surface area contributed by atoms with Gasteiger partial charge in [0.2, 0.25) is 0 Å². The molecule has 0 aliphatic carbocycles. The van der Waals surface area contributed by atoms with E-state index in [4.69, 9.17) is 0 Å². The van der Waals surface area contributed by atoms with E-state index in [1.807, 2.05) is 89.6 Å². The highest BCUT2D eigenvalue weighted by Crippen LogP contribution is 2.28. The summed E-state index contributed by atoms with van der Waals surface area (Å²) in [6.45, 7) is 0. The Hall–Kier alpha value is -4.19. The number of aromatic nitrogens is 4. The van der Waals surface area contributed by atoms with Gasteiger partial charge in [0.15, 0.2) is 0 Å². The smallest absolute Gasteiger partial charge is 0.273 e. The predicted octanol–water partition coefficient (Wildman–Crippen LogP) is 4.65. The molecule has 0 aliphatic rings. The highest BCUT2D eigenvalue weighted by molar-refractivity contribution is 6.05. The zero-order valence-electron chi connectivity index (χ0n) is 16.4. The van der Waals surface area contributed by atoms with Gasteiger partial charge in [-0.25, -0.2) is 4.98 Å². The first-order chi connectivity index (χ1) is 14.7. The topological polar surface area (TPSA) is 64.2 Å². The summed E-state index contributed by atoms with van der Waals surface area (Å²) < 4.78 is 3.56. The highest BCUT2D eigenvalue weighted by atomic mass is 16.2. The minimum absolute atomic E-state index is 0.219. The average Bonchev–Trinajstić information content (AvgIpc) is 3.38. The number of aryl methyl sites for hydroxylation is 1. The van der Waals surface area contributed by atoms with E-state index in [-0.39, 0.29) is 5.91 Å². The van der Waals surface area contributed by atoms with Crippen molar-refractivity contribution in [2.75, 3.05) is 5.32 Å². The van der Waals surface area contributed by atoms with Crippen LogP contribution in [0.2, 0.25) is 0 Å². The molecule has 0 unspecified atom stereocenters. The van der Waals surface area contributed by atoms with E-state index in [0.29, 0.717) is 11.4 Å². The number of benzene rings is 2. The summed E-state index contributed by atoms with van der Waals surface area (Å²) >= 11 is 0. The predicted molar refractivity (Wildman–Crippen MR) is 117 cm³/mol. The molecule has 3 heterocycles. The minimum Gasteiger partial charge on any atom is -0.320 e. The Morgan fingerprint density at radius 2 is 1.67 bits per heavy atom. The second-order valence-corrected chi connectivity index (χ2v) is 7.00. The number of hydrogen-bond acceptors (Lipinski definition) is 3. The maximum Gasteiger partial charge on any atom is 0.273 e. The van der Waals surface area contributed by atoms with Crippen molar-refractivity contribution < 1.29 is 4.79 Å². The molecule has 3 aromatic heterocycles. The van der Waals surface area contributed by atoms with E-state index in [1.54, 1.807) is 17.8 Å². The van der Waals surface area contributed by atoms with Gasteiger partial charge in [-0.1, -0.05) is 54.6 Å². The molecule has 0 saturated heterocycles. The Morgan fingerprint density at radius 3 is 2.50 bits per heavy atom. The number of nitrogens with zero attached hydrogens (tertiary/aromatic N) is 4. The van der Waals surface area contributed by atoms with Gasteiger partial charge < -0.3 is 9.72 Å². The van der Waals surface area contributed by atoms with Crippen LogP contribution < -0.4 is 5.32 Å². The number of nitrogens with one attached hydrogen (secondary N) is 1. The number of rotatable bonds is 4. The standard InChI is InChI=1S/C24H19N5O/c1-28-22(15-20(27-28)17-9-3-2-4-10-17)24(30)26-19-12-6-5-11-18(19)21-16-29-14-8-7-13-23(29)25-21/h2-16H,1H3,(H,26,30). The lowest BCUT2D eigenvalue weighted by Crippen LogP contribution is -2.16. The molecule has 1 amide bonds. The Balaban J connectivity index is 1.47. The zero-order valence-corrected chi connectivity index (χ0v) is 16.4. The van der Waals surface area contributed by atoms with Gasteiger partial charge in [-0.2, -0.15) is 5.10 Å². The molecule has 0 aliphatic heterocycles. The van der Waals surface area contributed by atoms with E-state index in [9.17, 15) is 4.79 Å². The molecule has 0 atom stereocenters. The minimum atomic E-state index is -0.219. The maximum absolute atomic E-state index is 13.0. The van der Waals surface area contributed by atoms with Crippen LogP contribution in [0.1, 0.15) is 10.5 Å². The molecule has 0 spiro atoms. The molecule has 0 fully saturated rings. The summed E-state index contributed by atoms with van der Waals surface area (Å²) in [5, 5.41) is 7.52. The molecule has 6 nitrogen and oxygen atoms in total. The van der Waals surface area contributed by atoms with Crippen LogP contribution in [0.25, 0.3) is 28.2 Å². The lowest BCUT2D eigenvalue weighted by atomic mass is 10.1. The molecule has 0 radical (unpaired) electrons. The zero-order chi connectivity index (χ0) is 20.5. The van der Waals surface area contributed by atoms with Crippen molar-refractivity contribution in [2.45, 2.75) is 0 Å². The fraction of sp³-hybridized carbons (Fsp3) is 0.0417. The van der Waals surface area contributed by atoms with Gasteiger partial charge in [0.1, 0.15) is 11.3 Å². The summed E-state index contributed by atoms with van der Waals surface area (Å²) in [7, 11) is 1.77. The number of amides is 1. The fourth-order valence-electron chi connectivity index (χ4n) is 3.50. The van der Waals surface area contributed by atoms with Crippen molar-refractivity contribution in [3.05, 3.63) is 97.0 Å². The van der Waals surface area contributed by atoms with Crippen LogP contribution in [0.5, 0.6) is 0 Å².